The summed E-state index contributed by atoms with van der Waals surface area (Å²) in [5.41, 5.74) is 12.6. The highest BCUT2D eigenvalue weighted by Gasteiger charge is 2.61. The van der Waals surface area contributed by atoms with Crippen LogP contribution in [0.25, 0.3) is 0 Å². The van der Waals surface area contributed by atoms with Crippen LogP contribution >= 0.6 is 36.7 Å². The maximum absolute atomic E-state index is 6.28. The number of ether oxygens (including phenoxy) is 1. The SMILES string of the molecule is C#C.C=C(C)C1(c2cc(Cl)cc(Cl)c2)/C(=C/CC)C1c1ccc(N)cc1.CC.CC.CCCCOc1ccc(CCCC)cc1.S. The molecule has 2 atom stereocenters. The van der Waals surface area contributed by atoms with Crippen molar-refractivity contribution in [1.82, 2.24) is 0 Å². The molecule has 0 heterocycles. The van der Waals surface area contributed by atoms with Crippen molar-refractivity contribution in [3.63, 3.8) is 0 Å². The predicted molar refractivity (Wildman–Crippen MR) is 213 cm³/mol. The van der Waals surface area contributed by atoms with Crippen LogP contribution in [0.15, 0.2) is 90.5 Å². The van der Waals surface area contributed by atoms with Gasteiger partial charge in [0, 0.05) is 27.1 Å². The Kier molecular flexibility index (Phi) is 25.0. The van der Waals surface area contributed by atoms with E-state index < -0.39 is 0 Å². The number of terminal acetylenes is 1. The first-order valence-corrected chi connectivity index (χ1v) is 17.3. The molecule has 3 aromatic carbocycles. The summed E-state index contributed by atoms with van der Waals surface area (Å²) in [6.07, 6.45) is 17.3. The van der Waals surface area contributed by atoms with Crippen LogP contribution in [0.1, 0.15) is 110 Å². The van der Waals surface area contributed by atoms with Crippen LogP contribution in [0.3, 0.4) is 0 Å². The fourth-order valence-corrected chi connectivity index (χ4v) is 5.82. The number of allylic oxidation sites excluding steroid dienone is 3. The molecule has 0 spiro atoms. The lowest BCUT2D eigenvalue weighted by atomic mass is 9.84. The van der Waals surface area contributed by atoms with Crippen molar-refractivity contribution in [3.05, 3.63) is 117 Å². The Morgan fingerprint density at radius 1 is 0.870 bits per heavy atom. The third-order valence-corrected chi connectivity index (χ3v) is 7.75. The molecule has 1 aliphatic carbocycles. The van der Waals surface area contributed by atoms with Crippen LogP contribution < -0.4 is 10.5 Å². The summed E-state index contributed by atoms with van der Waals surface area (Å²) in [6, 6.07) is 22.4. The van der Waals surface area contributed by atoms with E-state index in [1.165, 1.54) is 42.4 Å². The van der Waals surface area contributed by atoms with Gasteiger partial charge in [0.05, 0.1) is 6.61 Å². The average Bonchev–Trinajstić information content (AvgIpc) is 3.73. The van der Waals surface area contributed by atoms with Crippen molar-refractivity contribution in [2.24, 2.45) is 0 Å². The van der Waals surface area contributed by atoms with Gasteiger partial charge in [-0.05, 0) is 97.3 Å². The van der Waals surface area contributed by atoms with Gasteiger partial charge in [-0.3, -0.25) is 0 Å². The predicted octanol–water partition coefficient (Wildman–Crippen LogP) is 13.1. The summed E-state index contributed by atoms with van der Waals surface area (Å²) < 4.78 is 5.61. The number of rotatable bonds is 11. The van der Waals surface area contributed by atoms with E-state index in [1.54, 1.807) is 6.07 Å². The van der Waals surface area contributed by atoms with Gasteiger partial charge >= 0.3 is 0 Å². The largest absolute Gasteiger partial charge is 0.494 e. The van der Waals surface area contributed by atoms with E-state index in [1.807, 2.05) is 52.0 Å². The minimum Gasteiger partial charge on any atom is -0.494 e. The maximum atomic E-state index is 6.28. The molecule has 2 nitrogen and oxygen atoms in total. The summed E-state index contributed by atoms with van der Waals surface area (Å²) in [5.74, 6) is 1.26. The molecule has 0 aliphatic heterocycles. The maximum Gasteiger partial charge on any atom is 0.119 e. The number of anilines is 1. The Hall–Kier alpha value is -2.77. The number of aryl methyl sites for hydroxylation is 1. The van der Waals surface area contributed by atoms with E-state index >= 15 is 0 Å². The quantitative estimate of drug-likeness (QED) is 0.0944. The van der Waals surface area contributed by atoms with Gasteiger partial charge in [0.15, 0.2) is 0 Å². The van der Waals surface area contributed by atoms with Gasteiger partial charge in [0.1, 0.15) is 5.75 Å². The molecule has 0 saturated heterocycles. The van der Waals surface area contributed by atoms with E-state index in [-0.39, 0.29) is 24.8 Å². The number of halogens is 2. The molecule has 5 heteroatoms. The molecule has 1 fully saturated rings. The molecule has 0 amide bonds. The third kappa shape index (κ3) is 13.2. The van der Waals surface area contributed by atoms with Gasteiger partial charge in [-0.15, -0.1) is 12.8 Å². The Balaban J connectivity index is 0. The highest BCUT2D eigenvalue weighted by atomic mass is 35.5. The van der Waals surface area contributed by atoms with Crippen molar-refractivity contribution >= 4 is 42.4 Å². The van der Waals surface area contributed by atoms with Crippen LogP contribution in [0.2, 0.25) is 10.0 Å². The van der Waals surface area contributed by atoms with Crippen LogP contribution in [0.5, 0.6) is 5.75 Å². The normalized spacial score (nSPS) is 16.3. The monoisotopic (exact) mass is 683 g/mol. The Labute approximate surface area is 299 Å². The van der Waals surface area contributed by atoms with E-state index in [0.29, 0.717) is 10.0 Å². The first kappa shape index (κ1) is 45.4. The van der Waals surface area contributed by atoms with Crippen LogP contribution in [-0.4, -0.2) is 6.61 Å². The molecule has 3 aromatic rings. The van der Waals surface area contributed by atoms with Crippen molar-refractivity contribution in [1.29, 1.82) is 0 Å². The number of hydrogen-bond donors (Lipinski definition) is 1. The second-order valence-corrected chi connectivity index (χ2v) is 11.2. The Morgan fingerprint density at radius 2 is 1.39 bits per heavy atom. The number of nitrogen functional groups attached to an aromatic ring is 1. The van der Waals surface area contributed by atoms with Crippen molar-refractivity contribution in [2.45, 2.75) is 105 Å². The van der Waals surface area contributed by atoms with Gasteiger partial charge in [0.25, 0.3) is 0 Å². The summed E-state index contributed by atoms with van der Waals surface area (Å²) in [5, 5.41) is 1.30. The van der Waals surface area contributed by atoms with Crippen LogP contribution in [0.4, 0.5) is 5.69 Å². The van der Waals surface area contributed by atoms with E-state index in [0.717, 1.165) is 42.0 Å². The molecule has 1 aliphatic rings. The highest BCUT2D eigenvalue weighted by Crippen LogP contribution is 2.69. The fraction of sp³-hybridized carbons (Fsp3) is 0.415. The number of hydrogen-bond acceptors (Lipinski definition) is 2. The van der Waals surface area contributed by atoms with Crippen molar-refractivity contribution in [3.8, 4) is 18.6 Å². The van der Waals surface area contributed by atoms with Gasteiger partial charge in [-0.1, -0.05) is 127 Å². The zero-order chi connectivity index (χ0) is 34.4. The molecule has 2 unspecified atom stereocenters. The minimum atomic E-state index is -0.235. The average molecular weight is 685 g/mol. The first-order chi connectivity index (χ1) is 21.8. The smallest absolute Gasteiger partial charge is 0.119 e. The molecule has 2 N–H and O–H groups in total. The second-order valence-electron chi connectivity index (χ2n) is 10.4. The number of nitrogens with two attached hydrogens (primary N) is 1. The van der Waals surface area contributed by atoms with Crippen molar-refractivity contribution in [2.75, 3.05) is 12.3 Å². The minimum absolute atomic E-state index is 0. The molecule has 0 bridgehead atoms. The van der Waals surface area contributed by atoms with Crippen molar-refractivity contribution < 1.29 is 4.74 Å². The zero-order valence-electron chi connectivity index (χ0n) is 29.6. The zero-order valence-corrected chi connectivity index (χ0v) is 32.1. The van der Waals surface area contributed by atoms with E-state index in [2.05, 4.69) is 89.6 Å². The number of benzene rings is 3. The lowest BCUT2D eigenvalue weighted by Crippen LogP contribution is -2.11. The lowest BCUT2D eigenvalue weighted by molar-refractivity contribution is 0.309. The van der Waals surface area contributed by atoms with Gasteiger partial charge in [-0.25, -0.2) is 0 Å². The van der Waals surface area contributed by atoms with E-state index in [9.17, 15) is 0 Å². The van der Waals surface area contributed by atoms with Crippen LogP contribution in [-0.2, 0) is 11.8 Å². The molecule has 46 heavy (non-hydrogen) atoms. The Morgan fingerprint density at radius 3 is 1.85 bits per heavy atom. The van der Waals surface area contributed by atoms with Gasteiger partial charge in [-0.2, -0.15) is 13.5 Å². The molecular formula is C41H59Cl2NOS. The summed E-state index contributed by atoms with van der Waals surface area (Å²) in [7, 11) is 0. The highest BCUT2D eigenvalue weighted by molar-refractivity contribution is 7.59. The molecular weight excluding hydrogens is 625 g/mol. The lowest BCUT2D eigenvalue weighted by Gasteiger charge is -2.19. The van der Waals surface area contributed by atoms with Gasteiger partial charge in [0.2, 0.25) is 0 Å². The van der Waals surface area contributed by atoms with Gasteiger partial charge < -0.3 is 10.5 Å². The molecule has 0 aromatic heterocycles. The Bertz CT molecular complexity index is 1280. The molecule has 254 valence electrons. The van der Waals surface area contributed by atoms with Crippen LogP contribution in [0, 0.1) is 12.8 Å². The summed E-state index contributed by atoms with van der Waals surface area (Å²) >= 11 is 12.6. The second kappa shape index (κ2) is 25.3. The standard InChI is InChI=1S/C21H21Cl2N.C14H22O.2C2H6.C2H2.H2S/c1-4-5-19-20(14-6-8-18(24)9-7-14)21(19,13(2)3)15-10-16(22)12-17(23)11-15;1-3-5-7-13-8-10-14(11-9-13)15-12-6-4-2;3*1-2;/h5-12,20H,2,4,24H2,1,3H3;8-11H,3-7,12H2,1-2H3;2*1-2H3;1-2H;1H2/b19-5+;;;;;. The third-order valence-electron chi connectivity index (χ3n) is 7.31. The fourth-order valence-electron chi connectivity index (χ4n) is 5.29. The first-order valence-electron chi connectivity index (χ1n) is 16.5. The topological polar surface area (TPSA) is 35.2 Å². The summed E-state index contributed by atoms with van der Waals surface area (Å²) in [6.45, 7) is 21.8. The number of unbranched alkanes of at least 4 members (excludes halogenated alkanes) is 2. The molecule has 0 radical (unpaired) electrons. The molecule has 1 saturated carbocycles. The summed E-state index contributed by atoms with van der Waals surface area (Å²) in [4.78, 5) is 0. The molecule has 4 rings (SSSR count). The van der Waals surface area contributed by atoms with E-state index in [4.69, 9.17) is 33.7 Å².